The number of anilines is 1. The molecular formula is C21H15F6N3O4. The summed E-state index contributed by atoms with van der Waals surface area (Å²) in [5, 5.41) is 12.8. The minimum absolute atomic E-state index is 0.0225. The summed E-state index contributed by atoms with van der Waals surface area (Å²) in [6, 6.07) is 4.98. The lowest BCUT2D eigenvalue weighted by molar-refractivity contribution is -0.140. The number of aliphatic hydroxyl groups is 1. The fourth-order valence-corrected chi connectivity index (χ4v) is 2.90. The second-order valence-corrected chi connectivity index (χ2v) is 6.67. The van der Waals surface area contributed by atoms with E-state index in [0.717, 1.165) is 25.4 Å². The first-order valence-corrected chi connectivity index (χ1v) is 9.24. The molecule has 4 N–H and O–H groups in total. The van der Waals surface area contributed by atoms with E-state index in [2.05, 4.69) is 10.3 Å². The number of nitrogens with one attached hydrogen (secondary N) is 1. The van der Waals surface area contributed by atoms with Crippen LogP contribution in [0.15, 0.2) is 42.6 Å². The number of aromatic nitrogens is 1. The summed E-state index contributed by atoms with van der Waals surface area (Å²) in [6.45, 7) is 0. The molecule has 1 atom stereocenters. The second kappa shape index (κ2) is 9.47. The normalized spacial score (nSPS) is 12.2. The van der Waals surface area contributed by atoms with Gasteiger partial charge in [0, 0.05) is 0 Å². The third kappa shape index (κ3) is 4.98. The van der Waals surface area contributed by atoms with Gasteiger partial charge in [-0.25, -0.2) is 13.8 Å². The van der Waals surface area contributed by atoms with E-state index in [0.29, 0.717) is 18.2 Å². The zero-order valence-electron chi connectivity index (χ0n) is 17.1. The number of carbonyl (C=O) groups excluding carboxylic acids is 1. The van der Waals surface area contributed by atoms with Crippen LogP contribution in [-0.4, -0.2) is 23.1 Å². The van der Waals surface area contributed by atoms with Crippen LogP contribution in [0.4, 0.5) is 32.0 Å². The minimum atomic E-state index is -5.12. The highest BCUT2D eigenvalue weighted by molar-refractivity contribution is 5.90. The molecule has 180 valence electrons. The highest BCUT2D eigenvalue weighted by Crippen LogP contribution is 2.42. The van der Waals surface area contributed by atoms with Crippen molar-refractivity contribution in [3.8, 4) is 17.2 Å². The molecule has 1 amide bonds. The average Bonchev–Trinajstić information content (AvgIpc) is 2.76. The van der Waals surface area contributed by atoms with Crippen molar-refractivity contribution in [1.29, 1.82) is 0 Å². The van der Waals surface area contributed by atoms with E-state index in [1.165, 1.54) is 6.07 Å². The summed E-state index contributed by atoms with van der Waals surface area (Å²) in [6.07, 6.45) is -6.25. The molecule has 0 aliphatic rings. The number of nitrogens with two attached hydrogens (primary N) is 1. The third-order valence-corrected chi connectivity index (χ3v) is 4.48. The van der Waals surface area contributed by atoms with Crippen molar-refractivity contribution >= 4 is 11.6 Å². The standard InChI is InChI=1S/C21H15F6N3O4/c1-33-18-14(7-4-11(22)17(18)24)34-13-6-3-10(21(25,26)27)16(23)15(13)20(32)30-9-2-5-12(19(28)31)29-8-9/h2-8,20,30,32H,1H3,(H2,28,31). The summed E-state index contributed by atoms with van der Waals surface area (Å²) >= 11 is 0. The number of halogens is 6. The molecule has 34 heavy (non-hydrogen) atoms. The molecule has 0 aliphatic heterocycles. The van der Waals surface area contributed by atoms with Crippen molar-refractivity contribution in [2.75, 3.05) is 12.4 Å². The van der Waals surface area contributed by atoms with E-state index in [4.69, 9.17) is 15.2 Å². The number of ether oxygens (including phenoxy) is 2. The van der Waals surface area contributed by atoms with Crippen LogP contribution in [0.1, 0.15) is 27.8 Å². The Kier molecular flexibility index (Phi) is 6.86. The Labute approximate surface area is 187 Å². The molecule has 1 aromatic heterocycles. The molecule has 1 heterocycles. The zero-order chi connectivity index (χ0) is 25.2. The van der Waals surface area contributed by atoms with Crippen LogP contribution in [0.5, 0.6) is 17.2 Å². The Morgan fingerprint density at radius 2 is 1.74 bits per heavy atom. The summed E-state index contributed by atoms with van der Waals surface area (Å²) in [5.41, 5.74) is 2.19. The second-order valence-electron chi connectivity index (χ2n) is 6.67. The topological polar surface area (TPSA) is 107 Å². The number of aliphatic hydroxyl groups excluding tert-OH is 1. The van der Waals surface area contributed by atoms with Crippen LogP contribution in [0, 0.1) is 17.5 Å². The lowest BCUT2D eigenvalue weighted by Gasteiger charge is -2.21. The van der Waals surface area contributed by atoms with Gasteiger partial charge in [-0.3, -0.25) is 4.79 Å². The van der Waals surface area contributed by atoms with Gasteiger partial charge in [0.15, 0.2) is 17.8 Å². The fourth-order valence-electron chi connectivity index (χ4n) is 2.90. The smallest absolute Gasteiger partial charge is 0.419 e. The van der Waals surface area contributed by atoms with Crippen LogP contribution in [0.3, 0.4) is 0 Å². The molecule has 0 bridgehead atoms. The maximum Gasteiger partial charge on any atom is 0.419 e. The van der Waals surface area contributed by atoms with Gasteiger partial charge in [0.25, 0.3) is 5.91 Å². The first kappa shape index (κ1) is 24.6. The third-order valence-electron chi connectivity index (χ3n) is 4.48. The van der Waals surface area contributed by atoms with Crippen LogP contribution < -0.4 is 20.5 Å². The predicted molar refractivity (Wildman–Crippen MR) is 106 cm³/mol. The molecular weight excluding hydrogens is 472 g/mol. The minimum Gasteiger partial charge on any atom is -0.490 e. The number of methoxy groups -OCH3 is 1. The van der Waals surface area contributed by atoms with Gasteiger partial charge in [-0.05, 0) is 36.4 Å². The van der Waals surface area contributed by atoms with Gasteiger partial charge in [0.05, 0.1) is 30.1 Å². The average molecular weight is 487 g/mol. The van der Waals surface area contributed by atoms with E-state index >= 15 is 0 Å². The zero-order valence-corrected chi connectivity index (χ0v) is 17.1. The SMILES string of the molecule is COc1c(Oc2ccc(C(F)(F)F)c(F)c2C(O)Nc2ccc(C(N)=O)nc2)ccc(F)c1F. The summed E-state index contributed by atoms with van der Waals surface area (Å²) < 4.78 is 92.2. The van der Waals surface area contributed by atoms with E-state index < -0.39 is 64.1 Å². The first-order chi connectivity index (χ1) is 15.9. The van der Waals surface area contributed by atoms with Crippen LogP contribution in [0.2, 0.25) is 0 Å². The van der Waals surface area contributed by atoms with Gasteiger partial charge in [-0.1, -0.05) is 0 Å². The first-order valence-electron chi connectivity index (χ1n) is 9.24. The number of benzene rings is 2. The number of pyridine rings is 1. The van der Waals surface area contributed by atoms with E-state index in [1.807, 2.05) is 0 Å². The summed E-state index contributed by atoms with van der Waals surface area (Å²) in [4.78, 5) is 14.8. The number of hydrogen-bond acceptors (Lipinski definition) is 6. The maximum atomic E-state index is 14.9. The van der Waals surface area contributed by atoms with Gasteiger partial charge < -0.3 is 25.6 Å². The van der Waals surface area contributed by atoms with Crippen molar-refractivity contribution in [3.63, 3.8) is 0 Å². The van der Waals surface area contributed by atoms with E-state index in [9.17, 15) is 36.2 Å². The molecule has 13 heteroatoms. The number of amides is 1. The van der Waals surface area contributed by atoms with Crippen LogP contribution >= 0.6 is 0 Å². The Hall–Kier alpha value is -4.00. The van der Waals surface area contributed by atoms with Gasteiger partial charge in [-0.15, -0.1) is 0 Å². The molecule has 0 spiro atoms. The van der Waals surface area contributed by atoms with Gasteiger partial charge in [0.2, 0.25) is 11.6 Å². The molecule has 0 saturated heterocycles. The molecule has 1 unspecified atom stereocenters. The number of primary amides is 1. The van der Waals surface area contributed by atoms with Crippen LogP contribution in [0.25, 0.3) is 0 Å². The van der Waals surface area contributed by atoms with Gasteiger partial charge >= 0.3 is 6.18 Å². The molecule has 0 radical (unpaired) electrons. The highest BCUT2D eigenvalue weighted by Gasteiger charge is 2.37. The van der Waals surface area contributed by atoms with Crippen molar-refractivity contribution in [2.45, 2.75) is 12.4 Å². The molecule has 2 aromatic carbocycles. The van der Waals surface area contributed by atoms with Crippen molar-refractivity contribution in [2.24, 2.45) is 5.73 Å². The summed E-state index contributed by atoms with van der Waals surface area (Å²) in [7, 11) is 0.984. The number of alkyl halides is 3. The molecule has 0 aliphatic carbocycles. The van der Waals surface area contributed by atoms with Gasteiger partial charge in [0.1, 0.15) is 17.3 Å². The predicted octanol–water partition coefficient (Wildman–Crippen LogP) is 4.52. The number of carbonyl (C=O) groups is 1. The number of hydrogen-bond donors (Lipinski definition) is 3. The Bertz CT molecular complexity index is 1220. The lowest BCUT2D eigenvalue weighted by Crippen LogP contribution is -2.18. The Morgan fingerprint density at radius 3 is 2.29 bits per heavy atom. The number of rotatable bonds is 7. The molecule has 0 fully saturated rings. The lowest BCUT2D eigenvalue weighted by atomic mass is 10.1. The summed E-state index contributed by atoms with van der Waals surface area (Å²) in [5.74, 6) is -7.37. The molecule has 3 rings (SSSR count). The fraction of sp³-hybridized carbons (Fsp3) is 0.143. The molecule has 0 saturated carbocycles. The van der Waals surface area contributed by atoms with E-state index in [-0.39, 0.29) is 11.4 Å². The molecule has 7 nitrogen and oxygen atoms in total. The van der Waals surface area contributed by atoms with Crippen molar-refractivity contribution in [1.82, 2.24) is 4.98 Å². The maximum absolute atomic E-state index is 14.9. The monoisotopic (exact) mass is 487 g/mol. The number of nitrogens with zero attached hydrogens (tertiary/aromatic N) is 1. The Morgan fingerprint density at radius 1 is 1.06 bits per heavy atom. The Balaban J connectivity index is 2.06. The molecule has 3 aromatic rings. The largest absolute Gasteiger partial charge is 0.490 e. The van der Waals surface area contributed by atoms with Crippen molar-refractivity contribution in [3.05, 3.63) is 76.9 Å². The van der Waals surface area contributed by atoms with Crippen LogP contribution in [-0.2, 0) is 6.18 Å². The quantitative estimate of drug-likeness (QED) is 0.334. The van der Waals surface area contributed by atoms with Crippen molar-refractivity contribution < 1.29 is 45.7 Å². The highest BCUT2D eigenvalue weighted by atomic mass is 19.4. The van der Waals surface area contributed by atoms with E-state index in [1.54, 1.807) is 0 Å². The van der Waals surface area contributed by atoms with Gasteiger partial charge in [-0.2, -0.15) is 17.6 Å².